The molecule has 0 radical (unpaired) electrons. The lowest BCUT2D eigenvalue weighted by atomic mass is 10.2. The van der Waals surface area contributed by atoms with Crippen LogP contribution in [0.5, 0.6) is 0 Å². The van der Waals surface area contributed by atoms with Gasteiger partial charge in [-0.25, -0.2) is 0 Å². The van der Waals surface area contributed by atoms with Crippen molar-refractivity contribution in [3.63, 3.8) is 0 Å². The first-order valence-electron chi connectivity index (χ1n) is 5.05. The lowest BCUT2D eigenvalue weighted by Gasteiger charge is -2.18. The average Bonchev–Trinajstić information content (AvgIpc) is 2.29. The number of alkyl halides is 1. The van der Waals surface area contributed by atoms with Gasteiger partial charge in [0.05, 0.1) is 11.6 Å². The zero-order chi connectivity index (χ0) is 11.1. The number of anilines is 1. The van der Waals surface area contributed by atoms with Crippen molar-refractivity contribution < 1.29 is 0 Å². The van der Waals surface area contributed by atoms with E-state index in [9.17, 15) is 0 Å². The van der Waals surface area contributed by atoms with Crippen molar-refractivity contribution in [1.29, 1.82) is 5.26 Å². The fourth-order valence-corrected chi connectivity index (χ4v) is 1.76. The molecular weight excluding hydrogens is 252 g/mol. The molecule has 0 saturated carbocycles. The first-order valence-corrected chi connectivity index (χ1v) is 6.17. The second-order valence-electron chi connectivity index (χ2n) is 3.48. The number of hydrogen-bond acceptors (Lipinski definition) is 2. The van der Waals surface area contributed by atoms with E-state index in [2.05, 4.69) is 33.9 Å². The Labute approximate surface area is 99.6 Å². The maximum absolute atomic E-state index is 8.67. The van der Waals surface area contributed by atoms with Crippen LogP contribution in [-0.2, 0) is 0 Å². The van der Waals surface area contributed by atoms with Gasteiger partial charge in [0.15, 0.2) is 0 Å². The highest BCUT2D eigenvalue weighted by molar-refractivity contribution is 9.09. The van der Waals surface area contributed by atoms with Gasteiger partial charge in [-0.3, -0.25) is 0 Å². The molecule has 0 aromatic heterocycles. The van der Waals surface area contributed by atoms with Crippen LogP contribution in [0.2, 0.25) is 0 Å². The number of halogens is 1. The van der Waals surface area contributed by atoms with Gasteiger partial charge in [0.25, 0.3) is 0 Å². The summed E-state index contributed by atoms with van der Waals surface area (Å²) in [5, 5.41) is 9.74. The molecule has 0 aliphatic rings. The molecule has 80 valence electrons. The van der Waals surface area contributed by atoms with E-state index in [1.165, 1.54) is 18.5 Å². The maximum atomic E-state index is 8.67. The van der Waals surface area contributed by atoms with Gasteiger partial charge < -0.3 is 4.90 Å². The van der Waals surface area contributed by atoms with Gasteiger partial charge in [0.1, 0.15) is 0 Å². The number of rotatable bonds is 5. The van der Waals surface area contributed by atoms with Crippen LogP contribution in [0.15, 0.2) is 24.3 Å². The molecule has 0 unspecified atom stereocenters. The molecule has 0 bridgehead atoms. The van der Waals surface area contributed by atoms with Gasteiger partial charge in [-0.15, -0.1) is 0 Å². The van der Waals surface area contributed by atoms with Crippen molar-refractivity contribution in [3.8, 4) is 6.07 Å². The summed E-state index contributed by atoms with van der Waals surface area (Å²) in [7, 11) is 2.08. The number of nitriles is 1. The Bertz CT molecular complexity index is 326. The minimum Gasteiger partial charge on any atom is -0.375 e. The summed E-state index contributed by atoms with van der Waals surface area (Å²) < 4.78 is 0. The molecule has 0 atom stereocenters. The Morgan fingerprint density at radius 3 is 2.47 bits per heavy atom. The Kier molecular flexibility index (Phi) is 5.20. The summed E-state index contributed by atoms with van der Waals surface area (Å²) in [5.74, 6) is 0. The molecule has 0 spiro atoms. The first-order chi connectivity index (χ1) is 7.27. The minimum absolute atomic E-state index is 0.715. The van der Waals surface area contributed by atoms with Crippen LogP contribution in [0.25, 0.3) is 0 Å². The van der Waals surface area contributed by atoms with Crippen molar-refractivity contribution in [2.24, 2.45) is 0 Å². The van der Waals surface area contributed by atoms with Gasteiger partial charge in [-0.05, 0) is 37.1 Å². The van der Waals surface area contributed by atoms with Crippen LogP contribution < -0.4 is 4.90 Å². The quantitative estimate of drug-likeness (QED) is 0.605. The van der Waals surface area contributed by atoms with Gasteiger partial charge in [-0.1, -0.05) is 15.9 Å². The van der Waals surface area contributed by atoms with E-state index in [1.807, 2.05) is 24.3 Å². The van der Waals surface area contributed by atoms with E-state index < -0.39 is 0 Å². The van der Waals surface area contributed by atoms with E-state index in [-0.39, 0.29) is 0 Å². The van der Waals surface area contributed by atoms with E-state index >= 15 is 0 Å². The maximum Gasteiger partial charge on any atom is 0.0991 e. The Morgan fingerprint density at radius 1 is 1.27 bits per heavy atom. The molecule has 0 aliphatic carbocycles. The summed E-state index contributed by atoms with van der Waals surface area (Å²) in [5.41, 5.74) is 1.89. The third-order valence-electron chi connectivity index (χ3n) is 2.31. The largest absolute Gasteiger partial charge is 0.375 e. The fraction of sp³-hybridized carbons (Fsp3) is 0.417. The summed E-state index contributed by atoms with van der Waals surface area (Å²) >= 11 is 3.42. The van der Waals surface area contributed by atoms with Gasteiger partial charge >= 0.3 is 0 Å². The van der Waals surface area contributed by atoms with Crippen LogP contribution in [-0.4, -0.2) is 18.9 Å². The summed E-state index contributed by atoms with van der Waals surface area (Å²) in [6.45, 7) is 1.05. The topological polar surface area (TPSA) is 27.0 Å². The Balaban J connectivity index is 2.51. The predicted molar refractivity (Wildman–Crippen MR) is 67.5 cm³/mol. The molecule has 3 heteroatoms. The minimum atomic E-state index is 0.715. The van der Waals surface area contributed by atoms with Crippen molar-refractivity contribution >= 4 is 21.6 Å². The standard InChI is InChI=1S/C12H15BrN2/c1-15(9-3-2-8-13)12-6-4-11(10-14)5-7-12/h4-7H,2-3,8-9H2,1H3. The van der Waals surface area contributed by atoms with Gasteiger partial charge in [-0.2, -0.15) is 5.26 Å². The van der Waals surface area contributed by atoms with Crippen molar-refractivity contribution in [1.82, 2.24) is 0 Å². The van der Waals surface area contributed by atoms with Crippen molar-refractivity contribution in [2.75, 3.05) is 23.8 Å². The zero-order valence-corrected chi connectivity index (χ0v) is 10.5. The first kappa shape index (κ1) is 12.1. The third kappa shape index (κ3) is 3.93. The number of nitrogens with zero attached hydrogens (tertiary/aromatic N) is 2. The molecule has 1 rings (SSSR count). The van der Waals surface area contributed by atoms with Crippen LogP contribution in [0, 0.1) is 11.3 Å². The molecule has 2 nitrogen and oxygen atoms in total. The van der Waals surface area contributed by atoms with Crippen LogP contribution >= 0.6 is 15.9 Å². The normalized spacial score (nSPS) is 9.67. The van der Waals surface area contributed by atoms with Gasteiger partial charge in [0, 0.05) is 24.6 Å². The monoisotopic (exact) mass is 266 g/mol. The molecular formula is C12H15BrN2. The Hall–Kier alpha value is -1.01. The van der Waals surface area contributed by atoms with Crippen LogP contribution in [0.1, 0.15) is 18.4 Å². The second-order valence-corrected chi connectivity index (χ2v) is 4.27. The molecule has 1 aromatic carbocycles. The highest BCUT2D eigenvalue weighted by Gasteiger charge is 1.99. The highest BCUT2D eigenvalue weighted by Crippen LogP contribution is 2.13. The lowest BCUT2D eigenvalue weighted by molar-refractivity contribution is 0.775. The summed E-state index contributed by atoms with van der Waals surface area (Å²) in [6, 6.07) is 9.82. The molecule has 0 amide bonds. The van der Waals surface area contributed by atoms with E-state index in [1.54, 1.807) is 0 Å². The van der Waals surface area contributed by atoms with Gasteiger partial charge in [0.2, 0.25) is 0 Å². The lowest BCUT2D eigenvalue weighted by Crippen LogP contribution is -2.18. The molecule has 1 aromatic rings. The molecule has 0 aliphatic heterocycles. The average molecular weight is 267 g/mol. The number of unbranched alkanes of at least 4 members (excludes halogenated alkanes) is 1. The molecule has 0 heterocycles. The van der Waals surface area contributed by atoms with E-state index in [0.717, 1.165) is 11.9 Å². The molecule has 0 fully saturated rings. The van der Waals surface area contributed by atoms with E-state index in [0.29, 0.717) is 5.56 Å². The van der Waals surface area contributed by atoms with Crippen molar-refractivity contribution in [2.45, 2.75) is 12.8 Å². The van der Waals surface area contributed by atoms with Crippen molar-refractivity contribution in [3.05, 3.63) is 29.8 Å². The number of benzene rings is 1. The predicted octanol–water partition coefficient (Wildman–Crippen LogP) is 3.17. The summed E-state index contributed by atoms with van der Waals surface area (Å²) in [6.07, 6.45) is 2.38. The van der Waals surface area contributed by atoms with E-state index in [4.69, 9.17) is 5.26 Å². The van der Waals surface area contributed by atoms with Crippen LogP contribution in [0.3, 0.4) is 0 Å². The second kappa shape index (κ2) is 6.47. The zero-order valence-electron chi connectivity index (χ0n) is 8.91. The number of hydrogen-bond donors (Lipinski definition) is 0. The SMILES string of the molecule is CN(CCCCBr)c1ccc(C#N)cc1. The fourth-order valence-electron chi connectivity index (χ4n) is 1.36. The molecule has 0 N–H and O–H groups in total. The smallest absolute Gasteiger partial charge is 0.0991 e. The molecule has 0 saturated heterocycles. The summed E-state index contributed by atoms with van der Waals surface area (Å²) in [4.78, 5) is 2.21. The van der Waals surface area contributed by atoms with Crippen LogP contribution in [0.4, 0.5) is 5.69 Å². The molecule has 15 heavy (non-hydrogen) atoms. The Morgan fingerprint density at radius 2 is 1.93 bits per heavy atom. The third-order valence-corrected chi connectivity index (χ3v) is 2.88. The highest BCUT2D eigenvalue weighted by atomic mass is 79.9.